The van der Waals surface area contributed by atoms with Crippen LogP contribution in [0.3, 0.4) is 0 Å². The van der Waals surface area contributed by atoms with Crippen LogP contribution in [0.5, 0.6) is 11.5 Å². The average molecular weight is 498 g/mol. The number of nitrogens with zero attached hydrogens (tertiary/aromatic N) is 3. The van der Waals surface area contributed by atoms with Gasteiger partial charge in [-0.15, -0.1) is 0 Å². The summed E-state index contributed by atoms with van der Waals surface area (Å²) in [5, 5.41) is 5.81. The van der Waals surface area contributed by atoms with Crippen LogP contribution in [0.1, 0.15) is 5.56 Å². The fraction of sp³-hybridized carbons (Fsp3) is 0.0870. The van der Waals surface area contributed by atoms with Crippen molar-refractivity contribution < 1.29 is 9.47 Å². The minimum absolute atomic E-state index is 0.376. The summed E-state index contributed by atoms with van der Waals surface area (Å²) < 4.78 is 11.5. The smallest absolute Gasteiger partial charge is 0.244 e. The van der Waals surface area contributed by atoms with Gasteiger partial charge in [0.05, 0.1) is 31.6 Å². The van der Waals surface area contributed by atoms with Crippen LogP contribution in [0.15, 0.2) is 70.2 Å². The standard InChI is InChI=1S/C23H18BrClN4O2/c1-30-20-10-15(18(24)12-21(20)31-2)13-26-29-23-27-19-9-8-16(25)11-17(19)22(28-23)14-6-4-3-5-7-14/h3-13H,1-2H3,(H,27,28,29)/b26-13+. The molecular weight excluding hydrogens is 480 g/mol. The van der Waals surface area contributed by atoms with Crippen LogP contribution < -0.4 is 14.9 Å². The van der Waals surface area contributed by atoms with E-state index in [4.69, 9.17) is 21.1 Å². The molecule has 0 fully saturated rings. The molecule has 31 heavy (non-hydrogen) atoms. The Bertz CT molecular complexity index is 1270. The summed E-state index contributed by atoms with van der Waals surface area (Å²) in [5.74, 6) is 1.61. The average Bonchev–Trinajstić information content (AvgIpc) is 2.80. The van der Waals surface area contributed by atoms with Crippen LogP contribution in [-0.4, -0.2) is 30.4 Å². The lowest BCUT2D eigenvalue weighted by molar-refractivity contribution is 0.354. The van der Waals surface area contributed by atoms with Crippen LogP contribution in [0.25, 0.3) is 22.2 Å². The van der Waals surface area contributed by atoms with E-state index in [0.717, 1.165) is 32.2 Å². The normalized spacial score (nSPS) is 11.1. The van der Waals surface area contributed by atoms with Crippen molar-refractivity contribution in [2.75, 3.05) is 19.6 Å². The monoisotopic (exact) mass is 496 g/mol. The molecule has 0 saturated heterocycles. The van der Waals surface area contributed by atoms with E-state index in [9.17, 15) is 0 Å². The van der Waals surface area contributed by atoms with Crippen LogP contribution in [0.4, 0.5) is 5.95 Å². The van der Waals surface area contributed by atoms with Crippen molar-refractivity contribution in [3.63, 3.8) is 0 Å². The van der Waals surface area contributed by atoms with Gasteiger partial charge in [-0.2, -0.15) is 5.10 Å². The molecule has 0 aliphatic rings. The number of nitrogens with one attached hydrogen (secondary N) is 1. The van der Waals surface area contributed by atoms with E-state index in [1.54, 1.807) is 26.5 Å². The lowest BCUT2D eigenvalue weighted by Crippen LogP contribution is -2.00. The summed E-state index contributed by atoms with van der Waals surface area (Å²) in [6, 6.07) is 19.1. The minimum Gasteiger partial charge on any atom is -0.493 e. The summed E-state index contributed by atoms with van der Waals surface area (Å²) in [7, 11) is 3.18. The summed E-state index contributed by atoms with van der Waals surface area (Å²) in [5.41, 5.74) is 6.24. The number of aromatic nitrogens is 2. The zero-order valence-electron chi connectivity index (χ0n) is 16.8. The zero-order chi connectivity index (χ0) is 21.8. The number of fused-ring (bicyclic) bond motifs is 1. The first kappa shape index (κ1) is 21.1. The van der Waals surface area contributed by atoms with Gasteiger partial charge in [0.25, 0.3) is 0 Å². The molecule has 6 nitrogen and oxygen atoms in total. The Labute approximate surface area is 193 Å². The number of rotatable bonds is 6. The molecule has 156 valence electrons. The van der Waals surface area contributed by atoms with Gasteiger partial charge in [-0.25, -0.2) is 15.4 Å². The Kier molecular flexibility index (Phi) is 6.34. The number of benzene rings is 3. The van der Waals surface area contributed by atoms with E-state index < -0.39 is 0 Å². The highest BCUT2D eigenvalue weighted by atomic mass is 79.9. The van der Waals surface area contributed by atoms with Gasteiger partial charge in [0.15, 0.2) is 11.5 Å². The lowest BCUT2D eigenvalue weighted by Gasteiger charge is -2.10. The molecule has 1 aromatic heterocycles. The van der Waals surface area contributed by atoms with E-state index in [0.29, 0.717) is 22.5 Å². The van der Waals surface area contributed by atoms with Crippen molar-refractivity contribution in [2.24, 2.45) is 5.10 Å². The molecule has 1 N–H and O–H groups in total. The fourth-order valence-corrected chi connectivity index (χ4v) is 3.69. The first-order chi connectivity index (χ1) is 15.1. The Hall–Kier alpha value is -3.16. The second-order valence-corrected chi connectivity index (χ2v) is 7.81. The van der Waals surface area contributed by atoms with E-state index in [1.807, 2.05) is 54.6 Å². The zero-order valence-corrected chi connectivity index (χ0v) is 19.1. The van der Waals surface area contributed by atoms with Gasteiger partial charge in [-0.1, -0.05) is 41.9 Å². The quantitative estimate of drug-likeness (QED) is 0.255. The lowest BCUT2D eigenvalue weighted by atomic mass is 10.1. The Morgan fingerprint density at radius 1 is 0.968 bits per heavy atom. The molecule has 4 aromatic rings. The van der Waals surface area contributed by atoms with Crippen molar-refractivity contribution in [3.05, 3.63) is 75.7 Å². The van der Waals surface area contributed by atoms with Gasteiger partial charge < -0.3 is 9.47 Å². The number of methoxy groups -OCH3 is 2. The predicted octanol–water partition coefficient (Wildman–Crippen LogP) is 6.18. The van der Waals surface area contributed by atoms with Crippen molar-refractivity contribution in [2.45, 2.75) is 0 Å². The molecule has 0 unspecified atom stereocenters. The molecule has 0 saturated carbocycles. The number of hydrogen-bond acceptors (Lipinski definition) is 6. The summed E-state index contributed by atoms with van der Waals surface area (Å²) in [6.07, 6.45) is 1.66. The SMILES string of the molecule is COc1cc(Br)c(/C=N/Nc2nc(-c3ccccc3)c3cc(Cl)ccc3n2)cc1OC. The van der Waals surface area contributed by atoms with Gasteiger partial charge in [0, 0.05) is 26.0 Å². The Morgan fingerprint density at radius 3 is 2.45 bits per heavy atom. The summed E-state index contributed by atoms with van der Waals surface area (Å²) in [6.45, 7) is 0. The Morgan fingerprint density at radius 2 is 1.71 bits per heavy atom. The van der Waals surface area contributed by atoms with E-state index in [1.165, 1.54) is 0 Å². The largest absolute Gasteiger partial charge is 0.493 e. The molecule has 0 aliphatic carbocycles. The van der Waals surface area contributed by atoms with Crippen LogP contribution in [-0.2, 0) is 0 Å². The maximum atomic E-state index is 6.21. The van der Waals surface area contributed by atoms with E-state index in [2.05, 4.69) is 36.4 Å². The Balaban J connectivity index is 1.69. The van der Waals surface area contributed by atoms with Gasteiger partial charge in [0.2, 0.25) is 5.95 Å². The number of halogens is 2. The molecule has 0 spiro atoms. The first-order valence-corrected chi connectivity index (χ1v) is 10.5. The van der Waals surface area contributed by atoms with Crippen LogP contribution in [0, 0.1) is 0 Å². The summed E-state index contributed by atoms with van der Waals surface area (Å²) >= 11 is 9.73. The molecule has 0 amide bonds. The highest BCUT2D eigenvalue weighted by molar-refractivity contribution is 9.10. The van der Waals surface area contributed by atoms with E-state index >= 15 is 0 Å². The molecule has 3 aromatic carbocycles. The fourth-order valence-electron chi connectivity index (χ4n) is 3.10. The third-order valence-corrected chi connectivity index (χ3v) is 5.50. The maximum absolute atomic E-state index is 6.21. The van der Waals surface area contributed by atoms with Gasteiger partial charge in [0.1, 0.15) is 0 Å². The van der Waals surface area contributed by atoms with Gasteiger partial charge in [-0.3, -0.25) is 0 Å². The third kappa shape index (κ3) is 4.62. The van der Waals surface area contributed by atoms with Crippen molar-refractivity contribution in [1.29, 1.82) is 0 Å². The second kappa shape index (κ2) is 9.32. The topological polar surface area (TPSA) is 68.6 Å². The van der Waals surface area contributed by atoms with Crippen molar-refractivity contribution >= 4 is 50.6 Å². The molecule has 0 atom stereocenters. The number of ether oxygens (including phenoxy) is 2. The molecular formula is C23H18BrClN4O2. The predicted molar refractivity (Wildman–Crippen MR) is 128 cm³/mol. The van der Waals surface area contributed by atoms with Gasteiger partial charge >= 0.3 is 0 Å². The van der Waals surface area contributed by atoms with Crippen molar-refractivity contribution in [1.82, 2.24) is 9.97 Å². The highest BCUT2D eigenvalue weighted by Gasteiger charge is 2.11. The molecule has 8 heteroatoms. The third-order valence-electron chi connectivity index (χ3n) is 4.58. The molecule has 1 heterocycles. The number of hydrazone groups is 1. The highest BCUT2D eigenvalue weighted by Crippen LogP contribution is 2.33. The van der Waals surface area contributed by atoms with E-state index in [-0.39, 0.29) is 0 Å². The number of anilines is 1. The number of hydrogen-bond donors (Lipinski definition) is 1. The molecule has 4 rings (SSSR count). The van der Waals surface area contributed by atoms with Crippen LogP contribution >= 0.6 is 27.5 Å². The molecule has 0 aliphatic heterocycles. The minimum atomic E-state index is 0.376. The second-order valence-electron chi connectivity index (χ2n) is 6.52. The van der Waals surface area contributed by atoms with Gasteiger partial charge in [-0.05, 0) is 46.3 Å². The first-order valence-electron chi connectivity index (χ1n) is 9.32. The maximum Gasteiger partial charge on any atom is 0.244 e. The van der Waals surface area contributed by atoms with Crippen molar-refractivity contribution in [3.8, 4) is 22.8 Å². The molecule has 0 radical (unpaired) electrons. The summed E-state index contributed by atoms with van der Waals surface area (Å²) in [4.78, 5) is 9.24. The van der Waals surface area contributed by atoms with Crippen LogP contribution in [0.2, 0.25) is 5.02 Å². The molecule has 0 bridgehead atoms.